The number of hydrogen-bond donors (Lipinski definition) is 3. The van der Waals surface area contributed by atoms with E-state index < -0.39 is 0 Å². The van der Waals surface area contributed by atoms with Crippen molar-refractivity contribution in [2.75, 3.05) is 5.32 Å². The molecule has 0 saturated carbocycles. The molecular weight excluding hydrogens is 476 g/mol. The van der Waals surface area contributed by atoms with Crippen LogP contribution in [0.15, 0.2) is 85.3 Å². The van der Waals surface area contributed by atoms with E-state index in [1.807, 2.05) is 24.7 Å². The van der Waals surface area contributed by atoms with E-state index in [2.05, 4.69) is 106 Å². The van der Waals surface area contributed by atoms with Gasteiger partial charge < -0.3 is 10.3 Å². The van der Waals surface area contributed by atoms with Crippen LogP contribution in [-0.4, -0.2) is 25.1 Å². The second-order valence-corrected chi connectivity index (χ2v) is 10.4. The number of aromatic amines is 2. The molecule has 0 amide bonds. The van der Waals surface area contributed by atoms with Gasteiger partial charge in [0.05, 0.1) is 35.0 Å². The Morgan fingerprint density at radius 1 is 1.19 bits per heavy atom. The molecule has 186 valence electrons. The number of allylic oxidation sites excluding steroid dienone is 3. The fourth-order valence-corrected chi connectivity index (χ4v) is 5.26. The summed E-state index contributed by atoms with van der Waals surface area (Å²) in [6.07, 6.45) is 10.3. The predicted octanol–water partition coefficient (Wildman–Crippen LogP) is 7.97. The van der Waals surface area contributed by atoms with E-state index in [1.54, 1.807) is 11.3 Å². The number of hydrogen-bond acceptors (Lipinski definition) is 5. The Hall–Kier alpha value is -4.23. The van der Waals surface area contributed by atoms with Gasteiger partial charge in [-0.3, -0.25) is 15.1 Å². The Morgan fingerprint density at radius 2 is 2.05 bits per heavy atom. The number of aryl methyl sites for hydroxylation is 1. The fourth-order valence-electron chi connectivity index (χ4n) is 4.50. The maximum atomic E-state index is 4.67. The number of H-pyrrole nitrogens is 2. The minimum Gasteiger partial charge on any atom is -0.358 e. The highest BCUT2D eigenvalue weighted by atomic mass is 32.1. The zero-order valence-corrected chi connectivity index (χ0v) is 22.1. The summed E-state index contributed by atoms with van der Waals surface area (Å²) < 4.78 is 0. The molecule has 5 rings (SSSR count). The molecule has 0 aliphatic rings. The topological polar surface area (TPSA) is 82.3 Å². The molecule has 0 bridgehead atoms. The molecule has 0 unspecified atom stereocenters. The lowest BCUT2D eigenvalue weighted by Crippen LogP contribution is -2.02. The van der Waals surface area contributed by atoms with Gasteiger partial charge in [-0.1, -0.05) is 45.2 Å². The van der Waals surface area contributed by atoms with Gasteiger partial charge in [-0.15, -0.1) is 11.3 Å². The van der Waals surface area contributed by atoms with E-state index in [9.17, 15) is 0 Å². The Balaban J connectivity index is 1.50. The van der Waals surface area contributed by atoms with Crippen LogP contribution in [0.3, 0.4) is 0 Å². The first-order chi connectivity index (χ1) is 17.9. The van der Waals surface area contributed by atoms with Crippen LogP contribution in [0.4, 0.5) is 5.69 Å². The molecule has 0 atom stereocenters. The lowest BCUT2D eigenvalue weighted by Gasteiger charge is -2.12. The fraction of sp³-hybridized carbons (Fsp3) is 0.167. The zero-order valence-electron chi connectivity index (χ0n) is 21.3. The highest BCUT2D eigenvalue weighted by Gasteiger charge is 2.17. The number of rotatable bonds is 9. The van der Waals surface area contributed by atoms with Crippen molar-refractivity contribution >= 4 is 33.5 Å². The van der Waals surface area contributed by atoms with Crippen LogP contribution in [0.2, 0.25) is 0 Å². The van der Waals surface area contributed by atoms with Gasteiger partial charge in [0.25, 0.3) is 0 Å². The molecule has 37 heavy (non-hydrogen) atoms. The molecule has 5 heterocycles. The number of aromatic nitrogens is 5. The highest BCUT2D eigenvalue weighted by molar-refractivity contribution is 7.11. The van der Waals surface area contributed by atoms with Gasteiger partial charge >= 0.3 is 0 Å². The summed E-state index contributed by atoms with van der Waals surface area (Å²) in [7, 11) is 0. The summed E-state index contributed by atoms with van der Waals surface area (Å²) in [5, 5.41) is 14.2. The Kier molecular flexibility index (Phi) is 6.88. The van der Waals surface area contributed by atoms with Crippen LogP contribution in [0.25, 0.3) is 39.1 Å². The van der Waals surface area contributed by atoms with Crippen molar-refractivity contribution in [3.05, 3.63) is 101 Å². The molecule has 0 aromatic carbocycles. The largest absolute Gasteiger partial charge is 0.358 e. The van der Waals surface area contributed by atoms with E-state index in [0.29, 0.717) is 5.92 Å². The SMILES string of the molecule is C=C/C=C(/c1cccs1)c1cc(-c2n[nH]c3cnc(-c4cncc(NC(=C)CC(C)C)c4)cc23)[nH]c1C. The summed E-state index contributed by atoms with van der Waals surface area (Å²) in [4.78, 5) is 13.8. The molecule has 0 aliphatic carbocycles. The third kappa shape index (κ3) is 5.17. The smallest absolute Gasteiger partial charge is 0.116 e. The van der Waals surface area contributed by atoms with E-state index in [-0.39, 0.29) is 0 Å². The van der Waals surface area contributed by atoms with Crippen LogP contribution < -0.4 is 5.32 Å². The van der Waals surface area contributed by atoms with Gasteiger partial charge in [0, 0.05) is 44.6 Å². The van der Waals surface area contributed by atoms with E-state index >= 15 is 0 Å². The van der Waals surface area contributed by atoms with Gasteiger partial charge in [-0.2, -0.15) is 5.10 Å². The first-order valence-corrected chi connectivity index (χ1v) is 13.1. The van der Waals surface area contributed by atoms with Gasteiger partial charge in [0.15, 0.2) is 0 Å². The predicted molar refractivity (Wildman–Crippen MR) is 155 cm³/mol. The standard InChI is InChI=1S/C30H30N6S/c1-6-8-23(29-9-7-10-37-29)24-13-27(34-20(24)5)30-25-14-26(32-17-28(25)35-36-30)21-12-22(16-31-15-21)33-19(4)11-18(2)3/h6-10,12-18,33-34H,1,4,11H2,2-3,5H3,(H,35,36)/b23-8+. The minimum absolute atomic E-state index is 0.533. The summed E-state index contributed by atoms with van der Waals surface area (Å²) in [6, 6.07) is 10.5. The molecule has 6 nitrogen and oxygen atoms in total. The molecule has 0 aliphatic heterocycles. The molecule has 7 heteroatoms. The average Bonchev–Trinajstić information content (AvgIpc) is 3.62. The van der Waals surface area contributed by atoms with Crippen molar-refractivity contribution in [3.8, 4) is 22.6 Å². The first-order valence-electron chi connectivity index (χ1n) is 12.2. The molecule has 5 aromatic rings. The Morgan fingerprint density at radius 3 is 2.81 bits per heavy atom. The second kappa shape index (κ2) is 10.4. The number of pyridine rings is 2. The van der Waals surface area contributed by atoms with Crippen molar-refractivity contribution < 1.29 is 0 Å². The number of anilines is 1. The highest BCUT2D eigenvalue weighted by Crippen LogP contribution is 2.35. The van der Waals surface area contributed by atoms with E-state index in [0.717, 1.165) is 68.2 Å². The number of nitrogens with zero attached hydrogens (tertiary/aromatic N) is 3. The molecule has 5 aromatic heterocycles. The Labute approximate surface area is 220 Å². The summed E-state index contributed by atoms with van der Waals surface area (Å²) in [6.45, 7) is 14.5. The van der Waals surface area contributed by atoms with Crippen molar-refractivity contribution in [2.24, 2.45) is 5.92 Å². The third-order valence-electron chi connectivity index (χ3n) is 6.09. The van der Waals surface area contributed by atoms with E-state index in [1.165, 1.54) is 4.88 Å². The van der Waals surface area contributed by atoms with Crippen LogP contribution in [0.1, 0.15) is 36.4 Å². The molecular formula is C30H30N6S. The minimum atomic E-state index is 0.533. The first kappa shape index (κ1) is 24.5. The second-order valence-electron chi connectivity index (χ2n) is 9.49. The normalized spacial score (nSPS) is 11.8. The van der Waals surface area contributed by atoms with Crippen molar-refractivity contribution in [2.45, 2.75) is 27.2 Å². The molecule has 0 spiro atoms. The number of nitrogens with one attached hydrogen (secondary N) is 3. The molecule has 0 saturated heterocycles. The third-order valence-corrected chi connectivity index (χ3v) is 6.99. The summed E-state index contributed by atoms with van der Waals surface area (Å²) >= 11 is 1.71. The maximum absolute atomic E-state index is 4.67. The van der Waals surface area contributed by atoms with Crippen LogP contribution in [-0.2, 0) is 0 Å². The van der Waals surface area contributed by atoms with Crippen LogP contribution in [0, 0.1) is 12.8 Å². The van der Waals surface area contributed by atoms with Gasteiger partial charge in [0.1, 0.15) is 5.69 Å². The zero-order chi connectivity index (χ0) is 25.9. The number of thiophene rings is 1. The monoisotopic (exact) mass is 506 g/mol. The Bertz CT molecular complexity index is 1600. The van der Waals surface area contributed by atoms with Gasteiger partial charge in [-0.25, -0.2) is 0 Å². The average molecular weight is 507 g/mol. The summed E-state index contributed by atoms with van der Waals surface area (Å²) in [5.41, 5.74) is 9.65. The number of fused-ring (bicyclic) bond motifs is 1. The van der Waals surface area contributed by atoms with Crippen LogP contribution >= 0.6 is 11.3 Å². The molecule has 0 fully saturated rings. The molecule has 3 N–H and O–H groups in total. The lowest BCUT2D eigenvalue weighted by molar-refractivity contribution is 0.645. The van der Waals surface area contributed by atoms with Crippen molar-refractivity contribution in [1.82, 2.24) is 25.1 Å². The quantitative estimate of drug-likeness (QED) is 0.177. The van der Waals surface area contributed by atoms with Crippen molar-refractivity contribution in [1.29, 1.82) is 0 Å². The van der Waals surface area contributed by atoms with Gasteiger partial charge in [-0.05, 0) is 48.9 Å². The maximum Gasteiger partial charge on any atom is 0.116 e. The van der Waals surface area contributed by atoms with Gasteiger partial charge in [0.2, 0.25) is 0 Å². The van der Waals surface area contributed by atoms with Crippen LogP contribution in [0.5, 0.6) is 0 Å². The lowest BCUT2D eigenvalue weighted by atomic mass is 10.0. The van der Waals surface area contributed by atoms with Crippen molar-refractivity contribution in [3.63, 3.8) is 0 Å². The van der Waals surface area contributed by atoms with E-state index in [4.69, 9.17) is 0 Å². The summed E-state index contributed by atoms with van der Waals surface area (Å²) in [5.74, 6) is 0.533. The molecule has 0 radical (unpaired) electrons.